The van der Waals surface area contributed by atoms with Gasteiger partial charge in [-0.15, -0.1) is 0 Å². The Morgan fingerprint density at radius 2 is 2.13 bits per heavy atom. The van der Waals surface area contributed by atoms with Gasteiger partial charge >= 0.3 is 0 Å². The molecule has 0 spiro atoms. The summed E-state index contributed by atoms with van der Waals surface area (Å²) in [6, 6.07) is 0. The Labute approximate surface area is 91.5 Å². The van der Waals surface area contributed by atoms with E-state index in [4.69, 9.17) is 0 Å². The first-order valence-electron chi connectivity index (χ1n) is 5.31. The molecule has 1 unspecified atom stereocenters. The minimum Gasteiger partial charge on any atom is -0.299 e. The summed E-state index contributed by atoms with van der Waals surface area (Å²) in [7, 11) is -2.85. The molecule has 3 nitrogen and oxygen atoms in total. The first-order valence-corrected chi connectivity index (χ1v) is 7.14. The normalized spacial score (nSPS) is 23.9. The Bertz CT molecular complexity index is 354. The summed E-state index contributed by atoms with van der Waals surface area (Å²) in [5.74, 6) is 0.618. The molecule has 0 aromatic heterocycles. The van der Waals surface area contributed by atoms with Gasteiger partial charge in [0.2, 0.25) is 0 Å². The van der Waals surface area contributed by atoms with Crippen molar-refractivity contribution in [3.8, 4) is 0 Å². The molecule has 0 bridgehead atoms. The lowest BCUT2D eigenvalue weighted by Gasteiger charge is -2.06. The van der Waals surface area contributed by atoms with Gasteiger partial charge in [-0.05, 0) is 18.8 Å². The molecule has 0 saturated carbocycles. The van der Waals surface area contributed by atoms with Gasteiger partial charge in [-0.2, -0.15) is 0 Å². The summed E-state index contributed by atoms with van der Waals surface area (Å²) in [5, 5.41) is 0. The van der Waals surface area contributed by atoms with E-state index in [1.165, 1.54) is 0 Å². The molecule has 1 atom stereocenters. The van der Waals surface area contributed by atoms with Crippen LogP contribution in [0, 0.1) is 5.92 Å². The molecular formula is C11H18O3S. The summed E-state index contributed by atoms with van der Waals surface area (Å²) in [6.07, 6.45) is 2.27. The average Bonchev–Trinajstić information content (AvgIpc) is 2.44. The second-order valence-corrected chi connectivity index (χ2v) is 6.52. The van der Waals surface area contributed by atoms with Crippen LogP contribution in [0.25, 0.3) is 0 Å². The quantitative estimate of drug-likeness (QED) is 0.676. The molecule has 1 saturated heterocycles. The molecule has 1 heterocycles. The number of carbonyl (C=O) groups excluding carboxylic acids is 1. The minimum absolute atomic E-state index is 0.0483. The Hall–Kier alpha value is -0.640. The zero-order valence-electron chi connectivity index (χ0n) is 9.16. The lowest BCUT2D eigenvalue weighted by molar-refractivity contribution is -0.119. The van der Waals surface area contributed by atoms with Crippen molar-refractivity contribution >= 4 is 15.6 Å². The summed E-state index contributed by atoms with van der Waals surface area (Å²) >= 11 is 0. The van der Waals surface area contributed by atoms with Crippen molar-refractivity contribution in [1.29, 1.82) is 0 Å². The highest BCUT2D eigenvalue weighted by Crippen LogP contribution is 2.23. The second kappa shape index (κ2) is 4.92. The average molecular weight is 230 g/mol. The maximum absolute atomic E-state index is 11.5. The van der Waals surface area contributed by atoms with Crippen LogP contribution in [0.3, 0.4) is 0 Å². The van der Waals surface area contributed by atoms with Crippen LogP contribution in [-0.4, -0.2) is 25.7 Å². The van der Waals surface area contributed by atoms with Gasteiger partial charge in [-0.3, -0.25) is 4.79 Å². The van der Waals surface area contributed by atoms with Crippen molar-refractivity contribution in [3.63, 3.8) is 0 Å². The summed E-state index contributed by atoms with van der Waals surface area (Å²) in [5.41, 5.74) is 0.931. The lowest BCUT2D eigenvalue weighted by atomic mass is 9.98. The van der Waals surface area contributed by atoms with Crippen LogP contribution >= 0.6 is 0 Å². The van der Waals surface area contributed by atoms with Crippen molar-refractivity contribution in [1.82, 2.24) is 0 Å². The summed E-state index contributed by atoms with van der Waals surface area (Å²) in [4.78, 5) is 11.5. The summed E-state index contributed by atoms with van der Waals surface area (Å²) in [6.45, 7) is 5.75. The number of hydrogen-bond acceptors (Lipinski definition) is 3. The van der Waals surface area contributed by atoms with E-state index in [2.05, 4.69) is 6.58 Å². The van der Waals surface area contributed by atoms with Crippen molar-refractivity contribution in [3.05, 3.63) is 12.2 Å². The minimum atomic E-state index is -2.85. The zero-order chi connectivity index (χ0) is 11.5. The van der Waals surface area contributed by atoms with E-state index >= 15 is 0 Å². The zero-order valence-corrected chi connectivity index (χ0v) is 9.98. The third-order valence-electron chi connectivity index (χ3n) is 2.79. The highest BCUT2D eigenvalue weighted by molar-refractivity contribution is 7.91. The van der Waals surface area contributed by atoms with Crippen LogP contribution in [0.5, 0.6) is 0 Å². The molecule has 0 aromatic rings. The second-order valence-electron chi connectivity index (χ2n) is 4.29. The Kier molecular flexibility index (Phi) is 4.08. The number of Topliss-reactive ketones (excluding diaryl/α,β-unsaturated/α-hetero) is 1. The van der Waals surface area contributed by atoms with Gasteiger partial charge < -0.3 is 0 Å². The topological polar surface area (TPSA) is 51.2 Å². The number of rotatable bonds is 5. The third-order valence-corrected chi connectivity index (χ3v) is 4.63. The van der Waals surface area contributed by atoms with Crippen LogP contribution in [-0.2, 0) is 14.6 Å². The van der Waals surface area contributed by atoms with Gasteiger partial charge in [0, 0.05) is 12.8 Å². The number of allylic oxidation sites excluding steroid dienone is 1. The Morgan fingerprint density at radius 3 is 2.60 bits per heavy atom. The van der Waals surface area contributed by atoms with E-state index in [0.29, 0.717) is 19.3 Å². The molecule has 0 amide bonds. The highest BCUT2D eigenvalue weighted by atomic mass is 32.2. The number of sulfone groups is 1. The predicted molar refractivity (Wildman–Crippen MR) is 60.4 cm³/mol. The molecule has 4 heteroatoms. The molecule has 0 aliphatic carbocycles. The fourth-order valence-corrected chi connectivity index (χ4v) is 3.69. The van der Waals surface area contributed by atoms with Crippen LogP contribution < -0.4 is 0 Å². The monoisotopic (exact) mass is 230 g/mol. The molecular weight excluding hydrogens is 212 g/mol. The van der Waals surface area contributed by atoms with E-state index in [1.54, 1.807) is 0 Å². The van der Waals surface area contributed by atoms with E-state index < -0.39 is 9.84 Å². The Balaban J connectivity index is 2.37. The highest BCUT2D eigenvalue weighted by Gasteiger charge is 2.29. The van der Waals surface area contributed by atoms with Gasteiger partial charge in [-0.1, -0.05) is 19.1 Å². The lowest BCUT2D eigenvalue weighted by Crippen LogP contribution is -2.10. The molecule has 0 aromatic carbocycles. The molecule has 86 valence electrons. The maximum atomic E-state index is 11.5. The van der Waals surface area contributed by atoms with Gasteiger partial charge in [-0.25, -0.2) is 8.42 Å². The standard InChI is InChI=1S/C11H18O3S/c1-3-9(2)6-11(12)7-10-4-5-15(13,14)8-10/h10H,2-8H2,1H3. The molecule has 0 radical (unpaired) electrons. The predicted octanol–water partition coefficient (Wildman–Crippen LogP) is 1.74. The number of hydrogen-bond donors (Lipinski definition) is 0. The van der Waals surface area contributed by atoms with Crippen molar-refractivity contribution in [2.75, 3.05) is 11.5 Å². The van der Waals surface area contributed by atoms with E-state index in [0.717, 1.165) is 12.0 Å². The third kappa shape index (κ3) is 4.16. The van der Waals surface area contributed by atoms with Gasteiger partial charge in [0.15, 0.2) is 9.84 Å². The summed E-state index contributed by atoms with van der Waals surface area (Å²) < 4.78 is 22.3. The smallest absolute Gasteiger partial charge is 0.150 e. The van der Waals surface area contributed by atoms with Crippen LogP contribution in [0.2, 0.25) is 0 Å². The van der Waals surface area contributed by atoms with Crippen molar-refractivity contribution in [2.24, 2.45) is 5.92 Å². The fourth-order valence-electron chi connectivity index (χ4n) is 1.83. The van der Waals surface area contributed by atoms with Gasteiger partial charge in [0.05, 0.1) is 11.5 Å². The van der Waals surface area contributed by atoms with E-state index in [-0.39, 0.29) is 23.2 Å². The molecule has 0 N–H and O–H groups in total. The van der Waals surface area contributed by atoms with E-state index in [9.17, 15) is 13.2 Å². The van der Waals surface area contributed by atoms with Gasteiger partial charge in [0.1, 0.15) is 5.78 Å². The molecule has 1 fully saturated rings. The first kappa shape index (κ1) is 12.4. The van der Waals surface area contributed by atoms with Crippen molar-refractivity contribution < 1.29 is 13.2 Å². The molecule has 1 aliphatic heterocycles. The molecule has 1 rings (SSSR count). The van der Waals surface area contributed by atoms with E-state index in [1.807, 2.05) is 6.92 Å². The largest absolute Gasteiger partial charge is 0.299 e. The molecule has 15 heavy (non-hydrogen) atoms. The fraction of sp³-hybridized carbons (Fsp3) is 0.727. The first-order chi connectivity index (χ1) is 6.93. The molecule has 1 aliphatic rings. The van der Waals surface area contributed by atoms with Crippen molar-refractivity contribution in [2.45, 2.75) is 32.6 Å². The number of carbonyl (C=O) groups is 1. The van der Waals surface area contributed by atoms with Crippen LogP contribution in [0.4, 0.5) is 0 Å². The number of ketones is 1. The maximum Gasteiger partial charge on any atom is 0.150 e. The van der Waals surface area contributed by atoms with Crippen LogP contribution in [0.1, 0.15) is 32.6 Å². The SMILES string of the molecule is C=C(CC)CC(=O)CC1CCS(=O)(=O)C1. The van der Waals surface area contributed by atoms with Gasteiger partial charge in [0.25, 0.3) is 0 Å². The van der Waals surface area contributed by atoms with Crippen LogP contribution in [0.15, 0.2) is 12.2 Å². The Morgan fingerprint density at radius 1 is 1.47 bits per heavy atom.